The molecule has 5 aromatic rings. The number of amides is 2. The number of hydrogen-bond acceptors (Lipinski definition) is 8. The lowest BCUT2D eigenvalue weighted by Crippen LogP contribution is -2.38. The number of carbonyl (C=O) groups excluding carboxylic acids is 2. The van der Waals surface area contributed by atoms with Crippen molar-refractivity contribution in [3.05, 3.63) is 145 Å². The Balaban J connectivity index is 1.63. The molecule has 0 aliphatic rings. The molecule has 0 unspecified atom stereocenters. The molecule has 42 heavy (non-hydrogen) atoms. The van der Waals surface area contributed by atoms with E-state index in [2.05, 4.69) is 9.97 Å². The highest BCUT2D eigenvalue weighted by molar-refractivity contribution is 7.94. The molecule has 5 rings (SSSR count). The van der Waals surface area contributed by atoms with Crippen molar-refractivity contribution < 1.29 is 26.4 Å². The first kappa shape index (κ1) is 28.3. The molecule has 0 N–H and O–H groups in total. The Hall–Kier alpha value is -5.20. The van der Waals surface area contributed by atoms with E-state index >= 15 is 0 Å². The van der Waals surface area contributed by atoms with Crippen LogP contribution in [0.15, 0.2) is 144 Å². The molecule has 0 radical (unpaired) electrons. The molecule has 0 spiro atoms. The van der Waals surface area contributed by atoms with E-state index in [-0.39, 0.29) is 32.3 Å². The van der Waals surface area contributed by atoms with Gasteiger partial charge in [-0.05, 0) is 72.8 Å². The smallest absolute Gasteiger partial charge is 0.268 e. The summed E-state index contributed by atoms with van der Waals surface area (Å²) in [7, 11) is -8.82. The number of nitrogens with zero attached hydrogens (tertiary/aromatic N) is 4. The molecule has 0 atom stereocenters. The van der Waals surface area contributed by atoms with Crippen LogP contribution in [0.5, 0.6) is 0 Å². The van der Waals surface area contributed by atoms with Crippen molar-refractivity contribution in [3.63, 3.8) is 0 Å². The monoisotopic (exact) mass is 598 g/mol. The number of aromatic nitrogens is 2. The summed E-state index contributed by atoms with van der Waals surface area (Å²) in [6, 6.07) is 25.4. The highest BCUT2D eigenvalue weighted by Crippen LogP contribution is 2.31. The molecule has 2 amide bonds. The fourth-order valence-corrected chi connectivity index (χ4v) is 6.94. The van der Waals surface area contributed by atoms with E-state index in [9.17, 15) is 26.4 Å². The first-order valence-electron chi connectivity index (χ1n) is 12.4. The van der Waals surface area contributed by atoms with Crippen LogP contribution in [0.2, 0.25) is 0 Å². The van der Waals surface area contributed by atoms with Gasteiger partial charge in [0.25, 0.3) is 31.9 Å². The third-order valence-corrected chi connectivity index (χ3v) is 9.56. The average Bonchev–Trinajstić information content (AvgIpc) is 3.03. The summed E-state index contributed by atoms with van der Waals surface area (Å²) in [4.78, 5) is 34.7. The van der Waals surface area contributed by atoms with E-state index in [4.69, 9.17) is 0 Å². The van der Waals surface area contributed by atoms with Crippen LogP contribution in [0.1, 0.15) is 20.7 Å². The second-order valence-corrected chi connectivity index (χ2v) is 12.3. The van der Waals surface area contributed by atoms with Crippen LogP contribution in [0, 0.1) is 0 Å². The van der Waals surface area contributed by atoms with Gasteiger partial charge in [0.1, 0.15) is 0 Å². The Bertz CT molecular complexity index is 1780. The van der Waals surface area contributed by atoms with Crippen molar-refractivity contribution in [2.75, 3.05) is 8.61 Å². The van der Waals surface area contributed by atoms with Gasteiger partial charge in [0.05, 0.1) is 21.2 Å². The van der Waals surface area contributed by atoms with E-state index in [0.717, 1.165) is 0 Å². The Labute approximate surface area is 242 Å². The molecule has 0 saturated carbocycles. The summed E-state index contributed by atoms with van der Waals surface area (Å²) in [5.41, 5.74) is -0.0138. The van der Waals surface area contributed by atoms with Gasteiger partial charge in [-0.2, -0.15) is 8.61 Å². The predicted octanol–water partition coefficient (Wildman–Crippen LogP) is 4.55. The summed E-state index contributed by atoms with van der Waals surface area (Å²) < 4.78 is 56.2. The SMILES string of the molecule is O=C(c1ccncc1)N(c1ccc(N(C(=O)c2ccncc2)S(=O)(=O)c2ccccc2)cc1)S(=O)(=O)c1ccccc1. The Morgan fingerprint density at radius 3 is 1.07 bits per heavy atom. The van der Waals surface area contributed by atoms with Crippen molar-refractivity contribution in [1.29, 1.82) is 0 Å². The summed E-state index contributed by atoms with van der Waals surface area (Å²) in [6.45, 7) is 0. The summed E-state index contributed by atoms with van der Waals surface area (Å²) >= 11 is 0. The lowest BCUT2D eigenvalue weighted by Gasteiger charge is -2.25. The van der Waals surface area contributed by atoms with Crippen molar-refractivity contribution >= 4 is 43.2 Å². The van der Waals surface area contributed by atoms with Gasteiger partial charge in [0.2, 0.25) is 0 Å². The molecule has 0 bridgehead atoms. The number of hydrogen-bond donors (Lipinski definition) is 0. The Kier molecular flexibility index (Phi) is 7.91. The minimum absolute atomic E-state index is 0.0646. The van der Waals surface area contributed by atoms with Gasteiger partial charge >= 0.3 is 0 Å². The number of sulfonamides is 2. The number of anilines is 2. The Morgan fingerprint density at radius 2 is 0.762 bits per heavy atom. The lowest BCUT2D eigenvalue weighted by molar-refractivity contribution is 0.0996. The normalized spacial score (nSPS) is 11.4. The van der Waals surface area contributed by atoms with Crippen LogP contribution in [0.4, 0.5) is 11.4 Å². The minimum Gasteiger partial charge on any atom is -0.268 e. The first-order chi connectivity index (χ1) is 20.2. The van der Waals surface area contributed by atoms with Gasteiger partial charge in [-0.1, -0.05) is 36.4 Å². The molecular formula is C30H22N4O6S2. The van der Waals surface area contributed by atoms with Crippen LogP contribution in [-0.4, -0.2) is 38.6 Å². The van der Waals surface area contributed by atoms with Gasteiger partial charge in [0, 0.05) is 35.9 Å². The fourth-order valence-electron chi connectivity index (χ4n) is 4.07. The second-order valence-electron chi connectivity index (χ2n) is 8.76. The maximum absolute atomic E-state index is 13.7. The van der Waals surface area contributed by atoms with E-state index < -0.39 is 31.9 Å². The van der Waals surface area contributed by atoms with E-state index in [1.807, 2.05) is 0 Å². The van der Waals surface area contributed by atoms with Crippen LogP contribution in [0.3, 0.4) is 0 Å². The highest BCUT2D eigenvalue weighted by Gasteiger charge is 2.34. The third-order valence-electron chi connectivity index (χ3n) is 6.11. The fraction of sp³-hybridized carbons (Fsp3) is 0. The minimum atomic E-state index is -4.41. The molecule has 0 saturated heterocycles. The van der Waals surface area contributed by atoms with Gasteiger partial charge in [-0.15, -0.1) is 0 Å². The number of rotatable bonds is 8. The predicted molar refractivity (Wildman–Crippen MR) is 156 cm³/mol. The molecule has 210 valence electrons. The molecule has 2 heterocycles. The second kappa shape index (κ2) is 11.7. The number of benzene rings is 3. The molecular weight excluding hydrogens is 576 g/mol. The van der Waals surface area contributed by atoms with Gasteiger partial charge < -0.3 is 0 Å². The summed E-state index contributed by atoms with van der Waals surface area (Å²) in [5.74, 6) is -1.70. The molecule has 0 aliphatic heterocycles. The highest BCUT2D eigenvalue weighted by atomic mass is 32.2. The van der Waals surface area contributed by atoms with Crippen LogP contribution in [-0.2, 0) is 20.0 Å². The van der Waals surface area contributed by atoms with Crippen LogP contribution < -0.4 is 8.61 Å². The number of pyridine rings is 2. The first-order valence-corrected chi connectivity index (χ1v) is 15.3. The topological polar surface area (TPSA) is 135 Å². The molecule has 2 aromatic heterocycles. The van der Waals surface area contributed by atoms with Crippen molar-refractivity contribution in [3.8, 4) is 0 Å². The summed E-state index contributed by atoms with van der Waals surface area (Å²) in [5, 5.41) is 0. The molecule has 0 aliphatic carbocycles. The maximum atomic E-state index is 13.7. The molecule has 3 aromatic carbocycles. The van der Waals surface area contributed by atoms with Crippen LogP contribution >= 0.6 is 0 Å². The summed E-state index contributed by atoms with van der Waals surface area (Å²) in [6.07, 6.45) is 5.45. The largest absolute Gasteiger partial charge is 0.272 e. The zero-order chi connectivity index (χ0) is 29.7. The zero-order valence-electron chi connectivity index (χ0n) is 21.8. The maximum Gasteiger partial charge on any atom is 0.272 e. The molecule has 0 fully saturated rings. The molecule has 10 nitrogen and oxygen atoms in total. The third kappa shape index (κ3) is 5.53. The van der Waals surface area contributed by atoms with Gasteiger partial charge in [-0.25, -0.2) is 16.8 Å². The van der Waals surface area contributed by atoms with Crippen molar-refractivity contribution in [1.82, 2.24) is 9.97 Å². The van der Waals surface area contributed by atoms with E-state index in [1.165, 1.54) is 122 Å². The molecule has 12 heteroatoms. The standard InChI is InChI=1S/C30H22N4O6S2/c35-29(23-15-19-31-20-16-23)33(41(37,38)27-7-3-1-4-8-27)25-11-13-26(14-12-25)34(30(36)24-17-21-32-22-18-24)42(39,40)28-9-5-2-6-10-28/h1-22H. The Morgan fingerprint density at radius 1 is 0.452 bits per heavy atom. The quantitative estimate of drug-likeness (QED) is 0.254. The number of carbonyl (C=O) groups is 2. The van der Waals surface area contributed by atoms with Gasteiger partial charge in [0.15, 0.2) is 0 Å². The lowest BCUT2D eigenvalue weighted by atomic mass is 10.2. The van der Waals surface area contributed by atoms with Crippen molar-refractivity contribution in [2.24, 2.45) is 0 Å². The van der Waals surface area contributed by atoms with Crippen LogP contribution in [0.25, 0.3) is 0 Å². The van der Waals surface area contributed by atoms with Crippen molar-refractivity contribution in [2.45, 2.75) is 9.79 Å². The van der Waals surface area contributed by atoms with Gasteiger partial charge in [-0.3, -0.25) is 19.6 Å². The van der Waals surface area contributed by atoms with E-state index in [1.54, 1.807) is 12.1 Å². The zero-order valence-corrected chi connectivity index (χ0v) is 23.4. The average molecular weight is 599 g/mol. The van der Waals surface area contributed by atoms with E-state index in [0.29, 0.717) is 8.61 Å².